The van der Waals surface area contributed by atoms with Crippen molar-refractivity contribution in [1.29, 1.82) is 0 Å². The molecule has 0 saturated carbocycles. The van der Waals surface area contributed by atoms with Gasteiger partial charge in [0.05, 0.1) is 13.7 Å². The number of urea groups is 1. The van der Waals surface area contributed by atoms with Crippen LogP contribution in [0.15, 0.2) is 42.5 Å². The number of H-pyrrole nitrogens is 1. The van der Waals surface area contributed by atoms with Crippen molar-refractivity contribution in [3.8, 4) is 11.5 Å². The Morgan fingerprint density at radius 3 is 2.71 bits per heavy atom. The summed E-state index contributed by atoms with van der Waals surface area (Å²) in [5.74, 6) is 0.561. The summed E-state index contributed by atoms with van der Waals surface area (Å²) in [7, 11) is 3.46. The molecule has 0 radical (unpaired) electrons. The molecule has 0 bridgehead atoms. The van der Waals surface area contributed by atoms with Gasteiger partial charge < -0.3 is 24.8 Å². The molecule has 2 aliphatic rings. The molecule has 5 rings (SSSR count). The highest BCUT2D eigenvalue weighted by molar-refractivity contribution is 6.08. The third-order valence-electron chi connectivity index (χ3n) is 7.25. The number of nitrogens with zero attached hydrogens (tertiary/aromatic N) is 3. The molecule has 2 unspecified atom stereocenters. The van der Waals surface area contributed by atoms with E-state index < -0.39 is 11.6 Å². The minimum atomic E-state index is -1.09. The number of amides is 3. The number of fused-ring (bicyclic) bond motifs is 4. The molecule has 3 heterocycles. The number of phenolic OH excluding ortho intramolecular Hbond substituents is 1. The minimum Gasteiger partial charge on any atom is -0.508 e. The number of aliphatic hydroxyl groups is 1. The van der Waals surface area contributed by atoms with E-state index in [1.165, 1.54) is 4.90 Å². The molecule has 0 aliphatic carbocycles. The Kier molecular flexibility index (Phi) is 5.69. The lowest BCUT2D eigenvalue weighted by atomic mass is 9.81. The number of hydrogen-bond donors (Lipinski definition) is 3. The zero-order valence-electron chi connectivity index (χ0n) is 20.1. The summed E-state index contributed by atoms with van der Waals surface area (Å²) < 4.78 is 5.44. The highest BCUT2D eigenvalue weighted by atomic mass is 16.5. The number of carbonyl (C=O) groups excluding carboxylic acids is 2. The summed E-state index contributed by atoms with van der Waals surface area (Å²) in [5.41, 5.74) is 2.32. The third-order valence-corrected chi connectivity index (χ3v) is 7.25. The fraction of sp³-hybridized carbons (Fsp3) is 0.385. The number of hydrogen-bond acceptors (Lipinski definition) is 6. The fourth-order valence-corrected chi connectivity index (χ4v) is 5.41. The number of aliphatic hydroxyl groups excluding tert-OH is 1. The van der Waals surface area contributed by atoms with E-state index in [1.54, 1.807) is 30.2 Å². The van der Waals surface area contributed by atoms with Crippen LogP contribution in [0.1, 0.15) is 29.8 Å². The molecular weight excluding hydrogens is 448 g/mol. The predicted molar refractivity (Wildman–Crippen MR) is 130 cm³/mol. The first kappa shape index (κ1) is 23.2. The zero-order valence-corrected chi connectivity index (χ0v) is 20.1. The van der Waals surface area contributed by atoms with Crippen molar-refractivity contribution < 1.29 is 24.5 Å². The first-order chi connectivity index (χ1) is 16.8. The SMILES string of the molecule is COc1ccc2[nH]c3c(c2c1)CC1(C)C(=O)N(CCN(C)CCO)C(=O)N1C3c1cccc(O)c1. The number of benzene rings is 2. The molecule has 1 fully saturated rings. The van der Waals surface area contributed by atoms with Gasteiger partial charge in [0.2, 0.25) is 0 Å². The fourth-order valence-electron chi connectivity index (χ4n) is 5.41. The molecule has 3 aromatic rings. The van der Waals surface area contributed by atoms with Crippen LogP contribution in [0.3, 0.4) is 0 Å². The summed E-state index contributed by atoms with van der Waals surface area (Å²) in [4.78, 5) is 35.9. The summed E-state index contributed by atoms with van der Waals surface area (Å²) in [6.07, 6.45) is 0.359. The number of imide groups is 1. The largest absolute Gasteiger partial charge is 0.508 e. The standard InChI is InChI=1S/C26H30N4O5/c1-26-15-20-19-14-18(35-3)7-8-21(19)27-22(20)23(16-5-4-6-17(32)13-16)30(26)25(34)29(24(26)33)10-9-28(2)11-12-31/h4-8,13-14,23,27,31-32H,9-12,15H2,1-3H3. The molecule has 9 nitrogen and oxygen atoms in total. The Morgan fingerprint density at radius 1 is 1.20 bits per heavy atom. The van der Waals surface area contributed by atoms with Gasteiger partial charge in [-0.2, -0.15) is 0 Å². The number of likely N-dealkylation sites (N-methyl/N-ethyl adjacent to an activating group) is 1. The van der Waals surface area contributed by atoms with Gasteiger partial charge in [0.25, 0.3) is 5.91 Å². The zero-order chi connectivity index (χ0) is 24.9. The van der Waals surface area contributed by atoms with E-state index in [-0.39, 0.29) is 30.8 Å². The topological polar surface area (TPSA) is 109 Å². The number of aromatic nitrogens is 1. The highest BCUT2D eigenvalue weighted by Gasteiger charge is 2.60. The van der Waals surface area contributed by atoms with Crippen LogP contribution in [0.4, 0.5) is 4.79 Å². The van der Waals surface area contributed by atoms with Gasteiger partial charge in [0.1, 0.15) is 23.1 Å². The Morgan fingerprint density at radius 2 is 2.00 bits per heavy atom. The van der Waals surface area contributed by atoms with Crippen molar-refractivity contribution in [2.24, 2.45) is 0 Å². The summed E-state index contributed by atoms with van der Waals surface area (Å²) in [6.45, 7) is 2.98. The molecule has 0 spiro atoms. The van der Waals surface area contributed by atoms with Crippen molar-refractivity contribution in [3.05, 3.63) is 59.3 Å². The number of aromatic hydroxyl groups is 1. The van der Waals surface area contributed by atoms with Crippen molar-refractivity contribution in [2.75, 3.05) is 40.4 Å². The maximum Gasteiger partial charge on any atom is 0.328 e. The second kappa shape index (κ2) is 8.58. The number of methoxy groups -OCH3 is 1. The quantitative estimate of drug-likeness (QED) is 0.450. The van der Waals surface area contributed by atoms with Crippen LogP contribution < -0.4 is 4.74 Å². The Labute approximate surface area is 203 Å². The van der Waals surface area contributed by atoms with Crippen LogP contribution in [-0.4, -0.2) is 87.8 Å². The van der Waals surface area contributed by atoms with Crippen molar-refractivity contribution in [2.45, 2.75) is 24.9 Å². The van der Waals surface area contributed by atoms with Gasteiger partial charge >= 0.3 is 6.03 Å². The second-order valence-corrected chi connectivity index (χ2v) is 9.51. The molecule has 1 saturated heterocycles. The average Bonchev–Trinajstić information content (AvgIpc) is 3.28. The molecule has 2 aromatic carbocycles. The van der Waals surface area contributed by atoms with Crippen LogP contribution in [0.2, 0.25) is 0 Å². The highest BCUT2D eigenvalue weighted by Crippen LogP contribution is 2.49. The third kappa shape index (κ3) is 3.62. The van der Waals surface area contributed by atoms with Gasteiger partial charge in [-0.05, 0) is 55.4 Å². The summed E-state index contributed by atoms with van der Waals surface area (Å²) >= 11 is 0. The molecule has 2 aliphatic heterocycles. The van der Waals surface area contributed by atoms with Gasteiger partial charge in [-0.15, -0.1) is 0 Å². The van der Waals surface area contributed by atoms with E-state index in [2.05, 4.69) is 4.98 Å². The molecule has 1 aromatic heterocycles. The number of carbonyl (C=O) groups is 2. The van der Waals surface area contributed by atoms with Crippen LogP contribution in [0.5, 0.6) is 11.5 Å². The molecule has 3 amide bonds. The lowest BCUT2D eigenvalue weighted by Gasteiger charge is -2.42. The molecule has 184 valence electrons. The normalized spacial score (nSPS) is 21.7. The second-order valence-electron chi connectivity index (χ2n) is 9.51. The number of nitrogens with one attached hydrogen (secondary N) is 1. The Balaban J connectivity index is 1.64. The molecular formula is C26H30N4O5. The number of aromatic amines is 1. The lowest BCUT2D eigenvalue weighted by molar-refractivity contribution is -0.133. The summed E-state index contributed by atoms with van der Waals surface area (Å²) in [5, 5.41) is 20.4. The van der Waals surface area contributed by atoms with Gasteiger partial charge in [-0.3, -0.25) is 14.6 Å². The van der Waals surface area contributed by atoms with E-state index in [1.807, 2.05) is 43.1 Å². The number of rotatable bonds is 7. The molecule has 3 N–H and O–H groups in total. The first-order valence-electron chi connectivity index (χ1n) is 11.7. The van der Waals surface area contributed by atoms with Crippen LogP contribution in [-0.2, 0) is 11.2 Å². The minimum absolute atomic E-state index is 0.00693. The smallest absolute Gasteiger partial charge is 0.328 e. The Bertz CT molecular complexity index is 1300. The van der Waals surface area contributed by atoms with Gasteiger partial charge in [0.15, 0.2) is 0 Å². The van der Waals surface area contributed by atoms with E-state index >= 15 is 0 Å². The van der Waals surface area contributed by atoms with Crippen LogP contribution in [0, 0.1) is 0 Å². The predicted octanol–water partition coefficient (Wildman–Crippen LogP) is 2.47. The number of ether oxygens (including phenoxy) is 1. The maximum atomic E-state index is 13.8. The molecule has 2 atom stereocenters. The van der Waals surface area contributed by atoms with Crippen LogP contribution >= 0.6 is 0 Å². The molecule has 9 heteroatoms. The molecule has 35 heavy (non-hydrogen) atoms. The number of phenols is 1. The lowest BCUT2D eigenvalue weighted by Crippen LogP contribution is -2.53. The first-order valence-corrected chi connectivity index (χ1v) is 11.7. The van der Waals surface area contributed by atoms with Crippen molar-refractivity contribution >= 4 is 22.8 Å². The van der Waals surface area contributed by atoms with E-state index in [9.17, 15) is 19.8 Å². The van der Waals surface area contributed by atoms with E-state index in [0.29, 0.717) is 25.3 Å². The van der Waals surface area contributed by atoms with Gasteiger partial charge in [0, 0.05) is 42.7 Å². The summed E-state index contributed by atoms with van der Waals surface area (Å²) in [6, 6.07) is 11.7. The van der Waals surface area contributed by atoms with E-state index in [4.69, 9.17) is 4.74 Å². The monoisotopic (exact) mass is 478 g/mol. The van der Waals surface area contributed by atoms with Crippen LogP contribution in [0.25, 0.3) is 10.9 Å². The van der Waals surface area contributed by atoms with E-state index in [0.717, 1.165) is 27.7 Å². The van der Waals surface area contributed by atoms with Crippen molar-refractivity contribution in [1.82, 2.24) is 19.7 Å². The average molecular weight is 479 g/mol. The van der Waals surface area contributed by atoms with Crippen molar-refractivity contribution in [3.63, 3.8) is 0 Å². The van der Waals surface area contributed by atoms with Gasteiger partial charge in [-0.25, -0.2) is 4.79 Å². The maximum absolute atomic E-state index is 13.8. The van der Waals surface area contributed by atoms with Gasteiger partial charge in [-0.1, -0.05) is 12.1 Å². The Hall–Kier alpha value is -3.56.